The number of halogens is 4. The van der Waals surface area contributed by atoms with Gasteiger partial charge in [0, 0.05) is 7.14 Å². The van der Waals surface area contributed by atoms with Crippen molar-refractivity contribution in [2.24, 2.45) is 10.7 Å². The first-order chi connectivity index (χ1) is 7.88. The monoisotopic (exact) mass is 590 g/mol. The second kappa shape index (κ2) is 6.70. The number of nitrogens with zero attached hydrogens (tertiary/aromatic N) is 1. The molecule has 0 saturated carbocycles. The van der Waals surface area contributed by atoms with Gasteiger partial charge in [-0.15, -0.1) is 11.6 Å². The lowest BCUT2D eigenvalue weighted by atomic mass is 10.2. The lowest BCUT2D eigenvalue weighted by Crippen LogP contribution is -2.13. The Morgan fingerprint density at radius 1 is 1.41 bits per heavy atom. The first-order valence-electron chi connectivity index (χ1n) is 4.18. The minimum Gasteiger partial charge on any atom is -0.478 e. The molecule has 0 saturated heterocycles. The van der Waals surface area contributed by atoms with Crippen molar-refractivity contribution in [1.82, 2.24) is 0 Å². The number of aliphatic imine (C=N–C) groups is 1. The van der Waals surface area contributed by atoms with E-state index in [9.17, 15) is 4.79 Å². The van der Waals surface area contributed by atoms with Crippen molar-refractivity contribution in [2.75, 3.05) is 5.88 Å². The van der Waals surface area contributed by atoms with Crippen molar-refractivity contribution in [2.45, 2.75) is 0 Å². The van der Waals surface area contributed by atoms with Gasteiger partial charge in [-0.1, -0.05) is 0 Å². The van der Waals surface area contributed by atoms with Crippen LogP contribution in [-0.2, 0) is 0 Å². The molecule has 0 aliphatic carbocycles. The lowest BCUT2D eigenvalue weighted by Gasteiger charge is -2.09. The van der Waals surface area contributed by atoms with Gasteiger partial charge in [-0.25, -0.2) is 9.79 Å². The molecule has 0 amide bonds. The highest BCUT2D eigenvalue weighted by Gasteiger charge is 2.19. The summed E-state index contributed by atoms with van der Waals surface area (Å²) in [5.74, 6) is -0.600. The first kappa shape index (κ1) is 15.7. The van der Waals surface area contributed by atoms with Crippen LogP contribution in [0.2, 0.25) is 0 Å². The maximum atomic E-state index is 11.1. The number of rotatable bonds is 3. The van der Waals surface area contributed by atoms with Crippen molar-refractivity contribution in [3.8, 4) is 0 Å². The van der Waals surface area contributed by atoms with Crippen molar-refractivity contribution < 1.29 is 9.90 Å². The molecular weight excluding hydrogens is 584 g/mol. The molecule has 0 atom stereocenters. The minimum absolute atomic E-state index is 0.112. The van der Waals surface area contributed by atoms with Gasteiger partial charge >= 0.3 is 5.97 Å². The predicted molar refractivity (Wildman–Crippen MR) is 93.6 cm³/mol. The molecule has 0 heterocycles. The second-order valence-electron chi connectivity index (χ2n) is 2.92. The fraction of sp³-hybridized carbons (Fsp3) is 0.111. The van der Waals surface area contributed by atoms with Crippen molar-refractivity contribution >= 4 is 96.9 Å². The van der Waals surface area contributed by atoms with E-state index in [1.807, 2.05) is 45.2 Å². The number of nitrogens with two attached hydrogens (primary N) is 1. The van der Waals surface area contributed by atoms with Gasteiger partial charge in [0.25, 0.3) is 0 Å². The molecule has 8 heteroatoms. The molecule has 0 aromatic heterocycles. The fourth-order valence-electron chi connectivity index (χ4n) is 1.05. The SMILES string of the molecule is NC(CCl)=Nc1c(I)cc(I)c(C(=O)O)c1I. The molecule has 0 aliphatic heterocycles. The van der Waals surface area contributed by atoms with Gasteiger partial charge < -0.3 is 10.8 Å². The highest BCUT2D eigenvalue weighted by molar-refractivity contribution is 14.1. The molecule has 3 N–H and O–H groups in total. The van der Waals surface area contributed by atoms with Crippen LogP contribution in [0.5, 0.6) is 0 Å². The summed E-state index contributed by atoms with van der Waals surface area (Å²) in [6.07, 6.45) is 0. The van der Waals surface area contributed by atoms with Gasteiger partial charge in [0.2, 0.25) is 0 Å². The molecule has 0 spiro atoms. The third kappa shape index (κ3) is 3.80. The third-order valence-corrected chi connectivity index (χ3v) is 4.75. The van der Waals surface area contributed by atoms with Crippen molar-refractivity contribution in [3.05, 3.63) is 22.3 Å². The smallest absolute Gasteiger partial charge is 0.337 e. The van der Waals surface area contributed by atoms with Crippen LogP contribution in [0, 0.1) is 10.7 Å². The molecule has 0 fully saturated rings. The van der Waals surface area contributed by atoms with Crippen molar-refractivity contribution in [1.29, 1.82) is 0 Å². The number of benzene rings is 1. The van der Waals surface area contributed by atoms with E-state index in [0.29, 0.717) is 12.8 Å². The molecule has 17 heavy (non-hydrogen) atoms. The summed E-state index contributed by atoms with van der Waals surface area (Å²) in [5, 5.41) is 9.14. The molecular formula is C9H6ClI3N2O2. The number of carboxylic acids is 1. The average molecular weight is 590 g/mol. The normalized spacial score (nSPS) is 11.6. The van der Waals surface area contributed by atoms with Crippen LogP contribution < -0.4 is 5.73 Å². The Bertz CT molecular complexity index is 506. The van der Waals surface area contributed by atoms with Crippen LogP contribution in [-0.4, -0.2) is 22.8 Å². The zero-order valence-corrected chi connectivity index (χ0v) is 15.4. The molecule has 1 aromatic rings. The number of aromatic carboxylic acids is 1. The van der Waals surface area contributed by atoms with Gasteiger partial charge in [-0.3, -0.25) is 0 Å². The van der Waals surface area contributed by atoms with E-state index in [1.165, 1.54) is 0 Å². The number of hydrogen-bond acceptors (Lipinski definition) is 2. The van der Waals surface area contributed by atoms with Gasteiger partial charge in [0.1, 0.15) is 5.84 Å². The summed E-state index contributed by atoms with van der Waals surface area (Å²) < 4.78 is 2.08. The minimum atomic E-state index is -0.976. The average Bonchev–Trinajstić information content (AvgIpc) is 2.22. The van der Waals surface area contributed by atoms with E-state index in [0.717, 1.165) is 3.57 Å². The molecule has 0 aliphatic rings. The zero-order chi connectivity index (χ0) is 13.2. The highest BCUT2D eigenvalue weighted by atomic mass is 127. The van der Waals surface area contributed by atoms with Crippen molar-refractivity contribution in [3.63, 3.8) is 0 Å². The van der Waals surface area contributed by atoms with Crippen LogP contribution in [0.4, 0.5) is 5.69 Å². The summed E-state index contributed by atoms with van der Waals surface area (Å²) in [7, 11) is 0. The molecule has 92 valence electrons. The fourth-order valence-corrected chi connectivity index (χ4v) is 5.19. The van der Waals surface area contributed by atoms with E-state index in [4.69, 9.17) is 22.4 Å². The molecule has 0 bridgehead atoms. The Morgan fingerprint density at radius 3 is 2.47 bits per heavy atom. The molecule has 1 rings (SSSR count). The Balaban J connectivity index is 3.52. The van der Waals surface area contributed by atoms with E-state index >= 15 is 0 Å². The van der Waals surface area contributed by atoms with Crippen LogP contribution in [0.1, 0.15) is 10.4 Å². The number of carbonyl (C=O) groups is 1. The van der Waals surface area contributed by atoms with Gasteiger partial charge in [-0.2, -0.15) is 0 Å². The van der Waals surface area contributed by atoms with Crippen LogP contribution in [0.25, 0.3) is 0 Å². The first-order valence-corrected chi connectivity index (χ1v) is 7.95. The maximum Gasteiger partial charge on any atom is 0.337 e. The van der Waals surface area contributed by atoms with E-state index < -0.39 is 5.97 Å². The van der Waals surface area contributed by atoms with E-state index in [1.54, 1.807) is 6.07 Å². The topological polar surface area (TPSA) is 75.7 Å². The number of alkyl halides is 1. The maximum absolute atomic E-state index is 11.1. The van der Waals surface area contributed by atoms with E-state index in [-0.39, 0.29) is 17.3 Å². The Morgan fingerprint density at radius 2 is 2.00 bits per heavy atom. The number of carboxylic acid groups (broad SMARTS) is 1. The molecule has 4 nitrogen and oxygen atoms in total. The van der Waals surface area contributed by atoms with Crippen LogP contribution >= 0.6 is 79.4 Å². The Hall–Kier alpha value is 0.640. The number of amidine groups is 1. The molecule has 0 unspecified atom stereocenters. The second-order valence-corrected chi connectivity index (χ2v) is 6.59. The lowest BCUT2D eigenvalue weighted by molar-refractivity contribution is 0.0694. The predicted octanol–water partition coefficient (Wildman–Crippen LogP) is 3.43. The van der Waals surface area contributed by atoms with Crippen LogP contribution in [0.15, 0.2) is 11.1 Å². The quantitative estimate of drug-likeness (QED) is 0.245. The number of hydrogen-bond donors (Lipinski definition) is 2. The summed E-state index contributed by atoms with van der Waals surface area (Å²) in [6, 6.07) is 1.76. The zero-order valence-electron chi connectivity index (χ0n) is 8.18. The van der Waals surface area contributed by atoms with E-state index in [2.05, 4.69) is 27.6 Å². The standard InChI is InChI=1S/C9H6ClI3N2O2/c10-2-5(14)15-8-4(12)1-3(11)6(7(8)13)9(16)17/h1H,2H2,(H2,14,15)(H,16,17). The van der Waals surface area contributed by atoms with Crippen LogP contribution in [0.3, 0.4) is 0 Å². The molecule has 0 radical (unpaired) electrons. The largest absolute Gasteiger partial charge is 0.478 e. The summed E-state index contributed by atoms with van der Waals surface area (Å²) >= 11 is 11.6. The molecule has 1 aromatic carbocycles. The summed E-state index contributed by atoms with van der Waals surface area (Å²) in [4.78, 5) is 15.3. The highest BCUT2D eigenvalue weighted by Crippen LogP contribution is 2.33. The summed E-state index contributed by atoms with van der Waals surface area (Å²) in [5.41, 5.74) is 6.37. The van der Waals surface area contributed by atoms with Gasteiger partial charge in [-0.05, 0) is 73.8 Å². The summed E-state index contributed by atoms with van der Waals surface area (Å²) in [6.45, 7) is 0. The van der Waals surface area contributed by atoms with Gasteiger partial charge in [0.15, 0.2) is 0 Å². The third-order valence-electron chi connectivity index (χ3n) is 1.75. The Kier molecular flexibility index (Phi) is 6.19. The Labute approximate surface area is 144 Å². The van der Waals surface area contributed by atoms with Gasteiger partial charge in [0.05, 0.1) is 20.7 Å².